The number of nitrogens with one attached hydrogen (secondary N) is 1. The molecular formula is C24H26ClN3O3. The van der Waals surface area contributed by atoms with E-state index >= 15 is 0 Å². The summed E-state index contributed by atoms with van der Waals surface area (Å²) < 4.78 is 0. The van der Waals surface area contributed by atoms with Crippen LogP contribution in [0.1, 0.15) is 37.8 Å². The monoisotopic (exact) mass is 439 g/mol. The molecule has 1 aliphatic heterocycles. The Morgan fingerprint density at radius 3 is 2.55 bits per heavy atom. The maximum atomic E-state index is 13.3. The van der Waals surface area contributed by atoms with Crippen LogP contribution in [-0.4, -0.2) is 40.2 Å². The number of rotatable bonds is 7. The van der Waals surface area contributed by atoms with Gasteiger partial charge in [-0.25, -0.2) is 4.79 Å². The first-order valence-electron chi connectivity index (χ1n) is 10.5. The Hall–Kier alpha value is -2.86. The van der Waals surface area contributed by atoms with Crippen molar-refractivity contribution in [2.24, 2.45) is 5.92 Å². The number of carbonyl (C=O) groups excluding carboxylic acids is 3. The second-order valence-electron chi connectivity index (χ2n) is 8.54. The normalized spacial score (nSPS) is 21.7. The first kappa shape index (κ1) is 21.4. The van der Waals surface area contributed by atoms with E-state index in [2.05, 4.69) is 5.32 Å². The molecule has 2 fully saturated rings. The summed E-state index contributed by atoms with van der Waals surface area (Å²) in [5.74, 6) is -0.221. The van der Waals surface area contributed by atoms with Crippen LogP contribution in [0.25, 0.3) is 0 Å². The third-order valence-corrected chi connectivity index (χ3v) is 6.52. The summed E-state index contributed by atoms with van der Waals surface area (Å²) in [7, 11) is 0. The molecule has 1 N–H and O–H groups in total. The molecule has 2 aliphatic rings. The topological polar surface area (TPSA) is 69.7 Å². The number of amides is 4. The average Bonchev–Trinajstić information content (AvgIpc) is 3.57. The van der Waals surface area contributed by atoms with E-state index < -0.39 is 17.5 Å². The molecule has 1 aliphatic carbocycles. The van der Waals surface area contributed by atoms with Gasteiger partial charge in [0.15, 0.2) is 0 Å². The lowest BCUT2D eigenvalue weighted by atomic mass is 9.92. The van der Waals surface area contributed by atoms with Crippen LogP contribution in [-0.2, 0) is 21.7 Å². The molecule has 162 valence electrons. The summed E-state index contributed by atoms with van der Waals surface area (Å²) in [6, 6.07) is 16.1. The lowest BCUT2D eigenvalue weighted by Gasteiger charge is -2.31. The minimum atomic E-state index is -1.26. The van der Waals surface area contributed by atoms with Gasteiger partial charge in [-0.1, -0.05) is 54.1 Å². The predicted octanol–water partition coefficient (Wildman–Crippen LogP) is 3.93. The summed E-state index contributed by atoms with van der Waals surface area (Å²) in [4.78, 5) is 42.0. The van der Waals surface area contributed by atoms with E-state index in [-0.39, 0.29) is 18.5 Å². The molecule has 0 aromatic heterocycles. The highest BCUT2D eigenvalue weighted by Gasteiger charge is 2.50. The van der Waals surface area contributed by atoms with E-state index in [1.807, 2.05) is 37.3 Å². The van der Waals surface area contributed by atoms with Gasteiger partial charge in [-0.2, -0.15) is 0 Å². The van der Waals surface area contributed by atoms with Crippen LogP contribution in [0.4, 0.5) is 4.79 Å². The average molecular weight is 440 g/mol. The molecule has 2 unspecified atom stereocenters. The van der Waals surface area contributed by atoms with Crippen molar-refractivity contribution in [3.05, 3.63) is 70.7 Å². The van der Waals surface area contributed by atoms with Crippen molar-refractivity contribution in [3.8, 4) is 0 Å². The van der Waals surface area contributed by atoms with E-state index in [1.165, 1.54) is 0 Å². The fraction of sp³-hybridized carbons (Fsp3) is 0.375. The molecule has 0 bridgehead atoms. The molecule has 6 nitrogen and oxygen atoms in total. The van der Waals surface area contributed by atoms with Crippen molar-refractivity contribution in [1.29, 1.82) is 0 Å². The molecule has 4 amide bonds. The summed E-state index contributed by atoms with van der Waals surface area (Å²) in [6.45, 7) is 3.84. The van der Waals surface area contributed by atoms with Gasteiger partial charge in [0.2, 0.25) is 5.91 Å². The van der Waals surface area contributed by atoms with Gasteiger partial charge >= 0.3 is 6.03 Å². The van der Waals surface area contributed by atoms with Crippen LogP contribution in [0.3, 0.4) is 0 Å². The Kier molecular flexibility index (Phi) is 5.75. The molecule has 2 atom stereocenters. The lowest BCUT2D eigenvalue weighted by molar-refractivity contribution is -0.140. The number of urea groups is 1. The minimum Gasteiger partial charge on any atom is -0.334 e. The molecule has 1 saturated heterocycles. The molecule has 4 rings (SSSR count). The van der Waals surface area contributed by atoms with Gasteiger partial charge in [0, 0.05) is 17.6 Å². The van der Waals surface area contributed by atoms with E-state index in [0.717, 1.165) is 23.3 Å². The minimum absolute atomic E-state index is 0.0489. The van der Waals surface area contributed by atoms with Crippen molar-refractivity contribution in [3.63, 3.8) is 0 Å². The number of benzene rings is 2. The zero-order chi connectivity index (χ0) is 22.2. The molecule has 7 heteroatoms. The Morgan fingerprint density at radius 2 is 1.90 bits per heavy atom. The zero-order valence-electron chi connectivity index (χ0n) is 17.7. The van der Waals surface area contributed by atoms with Crippen molar-refractivity contribution in [2.75, 3.05) is 6.54 Å². The second kappa shape index (κ2) is 8.35. The smallest absolute Gasteiger partial charge is 0.325 e. The number of nitrogens with zero attached hydrogens (tertiary/aromatic N) is 2. The van der Waals surface area contributed by atoms with Crippen molar-refractivity contribution < 1.29 is 14.4 Å². The highest BCUT2D eigenvalue weighted by atomic mass is 35.5. The van der Waals surface area contributed by atoms with Crippen LogP contribution in [0, 0.1) is 5.92 Å². The van der Waals surface area contributed by atoms with E-state index in [4.69, 9.17) is 11.6 Å². The predicted molar refractivity (Wildman–Crippen MR) is 118 cm³/mol. The largest absolute Gasteiger partial charge is 0.334 e. The van der Waals surface area contributed by atoms with E-state index in [9.17, 15) is 14.4 Å². The molecule has 0 spiro atoms. The maximum absolute atomic E-state index is 13.3. The fourth-order valence-corrected chi connectivity index (χ4v) is 4.32. The number of hydrogen-bond acceptors (Lipinski definition) is 3. The Labute approximate surface area is 187 Å². The van der Waals surface area contributed by atoms with Crippen molar-refractivity contribution in [1.82, 2.24) is 15.1 Å². The van der Waals surface area contributed by atoms with Crippen LogP contribution in [0.2, 0.25) is 5.02 Å². The summed E-state index contributed by atoms with van der Waals surface area (Å²) in [6.07, 6.45) is 2.19. The van der Waals surface area contributed by atoms with Gasteiger partial charge in [-0.15, -0.1) is 0 Å². The Bertz CT molecular complexity index is 1010. The number of imide groups is 1. The van der Waals surface area contributed by atoms with Crippen LogP contribution in [0.5, 0.6) is 0 Å². The number of halogens is 1. The van der Waals surface area contributed by atoms with Gasteiger partial charge in [0.25, 0.3) is 5.91 Å². The molecule has 31 heavy (non-hydrogen) atoms. The van der Waals surface area contributed by atoms with Gasteiger partial charge in [0.1, 0.15) is 12.1 Å². The van der Waals surface area contributed by atoms with Crippen LogP contribution in [0.15, 0.2) is 54.6 Å². The SMILES string of the molecule is CC(C1CC1)N(Cc1ccccc1)C(=O)CN1C(=O)NC(C)(c2cccc(Cl)c2)C1=O. The third kappa shape index (κ3) is 4.30. The first-order valence-corrected chi connectivity index (χ1v) is 10.9. The van der Waals surface area contributed by atoms with Gasteiger partial charge in [0.05, 0.1) is 0 Å². The quantitative estimate of drug-likeness (QED) is 0.664. The van der Waals surface area contributed by atoms with Crippen LogP contribution < -0.4 is 5.32 Å². The highest BCUT2D eigenvalue weighted by molar-refractivity contribution is 6.30. The number of carbonyl (C=O) groups is 3. The van der Waals surface area contributed by atoms with E-state index in [0.29, 0.717) is 23.0 Å². The van der Waals surface area contributed by atoms with E-state index in [1.54, 1.807) is 36.1 Å². The molecular weight excluding hydrogens is 414 g/mol. The lowest BCUT2D eigenvalue weighted by Crippen LogP contribution is -2.47. The van der Waals surface area contributed by atoms with Gasteiger partial charge < -0.3 is 10.2 Å². The third-order valence-electron chi connectivity index (χ3n) is 6.28. The highest BCUT2D eigenvalue weighted by Crippen LogP contribution is 2.36. The van der Waals surface area contributed by atoms with Crippen molar-refractivity contribution in [2.45, 2.75) is 44.8 Å². The Balaban J connectivity index is 1.54. The first-order chi connectivity index (χ1) is 14.8. The molecule has 2 aromatic rings. The zero-order valence-corrected chi connectivity index (χ0v) is 18.4. The Morgan fingerprint density at radius 1 is 1.19 bits per heavy atom. The van der Waals surface area contributed by atoms with Crippen molar-refractivity contribution >= 4 is 29.4 Å². The van der Waals surface area contributed by atoms with Crippen LogP contribution >= 0.6 is 11.6 Å². The number of hydrogen-bond donors (Lipinski definition) is 1. The molecule has 1 heterocycles. The molecule has 0 radical (unpaired) electrons. The molecule has 1 saturated carbocycles. The summed E-state index contributed by atoms with van der Waals surface area (Å²) in [5, 5.41) is 3.21. The second-order valence-corrected chi connectivity index (χ2v) is 8.98. The molecule has 2 aromatic carbocycles. The summed E-state index contributed by atoms with van der Waals surface area (Å²) in [5.41, 5.74) is 0.347. The maximum Gasteiger partial charge on any atom is 0.325 e. The van der Waals surface area contributed by atoms with Gasteiger partial charge in [-0.05, 0) is 55.9 Å². The summed E-state index contributed by atoms with van der Waals surface area (Å²) >= 11 is 6.08. The van der Waals surface area contributed by atoms with Gasteiger partial charge in [-0.3, -0.25) is 14.5 Å². The fourth-order valence-electron chi connectivity index (χ4n) is 4.13. The standard InChI is InChI=1S/C24H26ClN3O3/c1-16(18-11-12-18)27(14-17-7-4-3-5-8-17)21(29)15-28-22(30)24(2,26-23(28)31)19-9-6-10-20(25)13-19/h3-10,13,16,18H,11-12,14-15H2,1-2H3,(H,26,31).